The minimum atomic E-state index is -3.77. The molecule has 9 nitrogen and oxygen atoms in total. The lowest BCUT2D eigenvalue weighted by Gasteiger charge is -2.34. The summed E-state index contributed by atoms with van der Waals surface area (Å²) >= 11 is 0. The first kappa shape index (κ1) is 23.4. The number of carbonyl (C=O) groups is 2. The van der Waals surface area contributed by atoms with E-state index in [1.807, 2.05) is 37.4 Å². The molecular formula is C25H28N4O5S. The quantitative estimate of drug-likeness (QED) is 0.545. The Bertz CT molecular complexity index is 1380. The average molecular weight is 497 g/mol. The molecule has 2 aliphatic heterocycles. The van der Waals surface area contributed by atoms with E-state index in [0.29, 0.717) is 43.8 Å². The first-order valence-corrected chi connectivity index (χ1v) is 13.3. The third-order valence-corrected chi connectivity index (χ3v) is 8.55. The number of carbonyl (C=O) groups excluding carboxylic acids is 2. The highest BCUT2D eigenvalue weighted by molar-refractivity contribution is 7.89. The van der Waals surface area contributed by atoms with Crippen LogP contribution >= 0.6 is 0 Å². The number of aromatic nitrogens is 1. The lowest BCUT2D eigenvalue weighted by atomic mass is 10.1. The summed E-state index contributed by atoms with van der Waals surface area (Å²) in [5.41, 5.74) is 2.50. The van der Waals surface area contributed by atoms with Crippen molar-refractivity contribution in [2.45, 2.75) is 37.2 Å². The molecule has 0 spiro atoms. The number of nitrogens with one attached hydrogen (secondary N) is 2. The van der Waals surface area contributed by atoms with Crippen molar-refractivity contribution in [2.24, 2.45) is 0 Å². The predicted octanol–water partition coefficient (Wildman–Crippen LogP) is 2.74. The molecule has 2 amide bonds. The monoisotopic (exact) mass is 496 g/mol. The van der Waals surface area contributed by atoms with Gasteiger partial charge in [0, 0.05) is 49.7 Å². The first-order chi connectivity index (χ1) is 16.9. The van der Waals surface area contributed by atoms with E-state index in [9.17, 15) is 18.0 Å². The van der Waals surface area contributed by atoms with Crippen LogP contribution in [0.25, 0.3) is 10.9 Å². The molecule has 1 fully saturated rings. The summed E-state index contributed by atoms with van der Waals surface area (Å²) in [6, 6.07) is 12.5. The maximum Gasteiger partial charge on any atom is 0.265 e. The van der Waals surface area contributed by atoms with E-state index in [0.717, 1.165) is 16.5 Å². The van der Waals surface area contributed by atoms with Crippen molar-refractivity contribution in [3.05, 3.63) is 54.2 Å². The molecule has 1 aromatic heterocycles. The van der Waals surface area contributed by atoms with Gasteiger partial charge >= 0.3 is 0 Å². The molecule has 3 heterocycles. The Kier molecular flexibility index (Phi) is 6.24. The number of hydrogen-bond acceptors (Lipinski definition) is 5. The zero-order chi connectivity index (χ0) is 24.6. The second-order valence-corrected chi connectivity index (χ2v) is 10.7. The molecule has 35 heavy (non-hydrogen) atoms. The third kappa shape index (κ3) is 4.51. The van der Waals surface area contributed by atoms with Crippen LogP contribution < -0.4 is 10.1 Å². The van der Waals surface area contributed by atoms with Crippen LogP contribution in [0, 0.1) is 0 Å². The van der Waals surface area contributed by atoms with E-state index < -0.39 is 16.1 Å². The van der Waals surface area contributed by atoms with Gasteiger partial charge in [0.2, 0.25) is 15.9 Å². The molecule has 2 aromatic carbocycles. The summed E-state index contributed by atoms with van der Waals surface area (Å²) in [5.74, 6) is 0.196. The van der Waals surface area contributed by atoms with E-state index in [2.05, 4.69) is 10.3 Å². The lowest BCUT2D eigenvalue weighted by Crippen LogP contribution is -2.50. The number of anilines is 1. The van der Waals surface area contributed by atoms with Gasteiger partial charge in [0.1, 0.15) is 5.75 Å². The van der Waals surface area contributed by atoms with E-state index in [1.54, 1.807) is 11.0 Å². The van der Waals surface area contributed by atoms with Gasteiger partial charge in [0.05, 0.1) is 10.6 Å². The number of sulfonamides is 1. The van der Waals surface area contributed by atoms with Crippen molar-refractivity contribution < 1.29 is 22.7 Å². The number of nitrogens with zero attached hydrogens (tertiary/aromatic N) is 2. The van der Waals surface area contributed by atoms with Crippen molar-refractivity contribution in [1.82, 2.24) is 14.2 Å². The second-order valence-electron chi connectivity index (χ2n) is 8.81. The highest BCUT2D eigenvalue weighted by Gasteiger charge is 2.32. The predicted molar refractivity (Wildman–Crippen MR) is 132 cm³/mol. The normalized spacial score (nSPS) is 18.7. The Morgan fingerprint density at radius 2 is 1.89 bits per heavy atom. The van der Waals surface area contributed by atoms with Crippen LogP contribution in [0.2, 0.25) is 0 Å². The number of benzene rings is 2. The Morgan fingerprint density at radius 1 is 1.11 bits per heavy atom. The Morgan fingerprint density at radius 3 is 2.66 bits per heavy atom. The maximum atomic E-state index is 13.2. The zero-order valence-electron chi connectivity index (χ0n) is 19.5. The van der Waals surface area contributed by atoms with Crippen LogP contribution in [0.5, 0.6) is 5.75 Å². The lowest BCUT2D eigenvalue weighted by molar-refractivity contribution is -0.132. The number of piperazine rings is 1. The van der Waals surface area contributed by atoms with Gasteiger partial charge in [-0.1, -0.05) is 25.1 Å². The fourth-order valence-electron chi connectivity index (χ4n) is 4.62. The van der Waals surface area contributed by atoms with Crippen LogP contribution in [0.4, 0.5) is 5.69 Å². The fraction of sp³-hybridized carbons (Fsp3) is 0.360. The molecule has 184 valence electrons. The molecule has 1 unspecified atom stereocenters. The molecule has 1 saturated heterocycles. The fourth-order valence-corrected chi connectivity index (χ4v) is 6.07. The largest absolute Gasteiger partial charge is 0.478 e. The second kappa shape index (κ2) is 9.35. The minimum Gasteiger partial charge on any atom is -0.478 e. The van der Waals surface area contributed by atoms with Crippen LogP contribution in [-0.4, -0.2) is 66.7 Å². The molecule has 2 aliphatic rings. The summed E-state index contributed by atoms with van der Waals surface area (Å²) in [4.78, 5) is 29.9. The van der Waals surface area contributed by atoms with Gasteiger partial charge in [-0.25, -0.2) is 8.42 Å². The number of amides is 2. The van der Waals surface area contributed by atoms with Crippen LogP contribution in [0.3, 0.4) is 0 Å². The molecule has 1 atom stereocenters. The van der Waals surface area contributed by atoms with Crippen molar-refractivity contribution in [2.75, 3.05) is 31.5 Å². The number of para-hydroxylation sites is 1. The number of fused-ring (bicyclic) bond motifs is 2. The van der Waals surface area contributed by atoms with E-state index >= 15 is 0 Å². The number of aryl methyl sites for hydroxylation is 1. The first-order valence-electron chi connectivity index (χ1n) is 11.8. The van der Waals surface area contributed by atoms with E-state index in [4.69, 9.17) is 4.74 Å². The van der Waals surface area contributed by atoms with Gasteiger partial charge < -0.3 is 19.9 Å². The summed E-state index contributed by atoms with van der Waals surface area (Å²) in [6.45, 7) is 2.97. The van der Waals surface area contributed by atoms with Gasteiger partial charge in [-0.05, 0) is 42.7 Å². The Balaban J connectivity index is 1.20. The zero-order valence-corrected chi connectivity index (χ0v) is 20.3. The van der Waals surface area contributed by atoms with Gasteiger partial charge in [-0.15, -0.1) is 0 Å². The molecule has 3 aromatic rings. The molecule has 0 saturated carbocycles. The molecule has 5 rings (SSSR count). The summed E-state index contributed by atoms with van der Waals surface area (Å²) in [5, 5.41) is 3.85. The number of ether oxygens (including phenoxy) is 1. The van der Waals surface area contributed by atoms with Crippen molar-refractivity contribution in [1.29, 1.82) is 0 Å². The van der Waals surface area contributed by atoms with Crippen molar-refractivity contribution >= 4 is 38.4 Å². The maximum absolute atomic E-state index is 13.2. The van der Waals surface area contributed by atoms with E-state index in [-0.39, 0.29) is 29.8 Å². The SMILES string of the molecule is CCC1Oc2ccc(S(=O)(=O)N3CCN(C(=O)CCc4c[nH]c5ccccc45)CC3)cc2NC1=O. The number of rotatable bonds is 6. The average Bonchev–Trinajstić information content (AvgIpc) is 3.29. The molecule has 0 radical (unpaired) electrons. The molecular weight excluding hydrogens is 468 g/mol. The third-order valence-electron chi connectivity index (χ3n) is 6.65. The van der Waals surface area contributed by atoms with Gasteiger partial charge in [0.25, 0.3) is 5.91 Å². The van der Waals surface area contributed by atoms with Gasteiger partial charge in [-0.3, -0.25) is 9.59 Å². The molecule has 0 bridgehead atoms. The standard InChI is InChI=1S/C25H28N4O5S/c1-2-22-25(31)27-21-15-18(8-9-23(21)34-22)35(32,33)29-13-11-28(12-14-29)24(30)10-7-17-16-26-20-6-4-3-5-19(17)20/h3-6,8-9,15-16,22,26H,2,7,10-14H2,1H3,(H,27,31). The minimum absolute atomic E-state index is 0.0199. The van der Waals surface area contributed by atoms with Crippen molar-refractivity contribution in [3.63, 3.8) is 0 Å². The number of aromatic amines is 1. The Labute approximate surface area is 204 Å². The van der Waals surface area contributed by atoms with Crippen LogP contribution in [-0.2, 0) is 26.0 Å². The highest BCUT2D eigenvalue weighted by atomic mass is 32.2. The number of H-pyrrole nitrogens is 1. The van der Waals surface area contributed by atoms with Crippen molar-refractivity contribution in [3.8, 4) is 5.75 Å². The summed E-state index contributed by atoms with van der Waals surface area (Å²) in [7, 11) is -3.77. The summed E-state index contributed by atoms with van der Waals surface area (Å²) < 4.78 is 33.5. The molecule has 2 N–H and O–H groups in total. The molecule has 10 heteroatoms. The topological polar surface area (TPSA) is 112 Å². The number of hydrogen-bond donors (Lipinski definition) is 2. The van der Waals surface area contributed by atoms with Crippen LogP contribution in [0.1, 0.15) is 25.3 Å². The molecule has 0 aliphatic carbocycles. The van der Waals surface area contributed by atoms with E-state index in [1.165, 1.54) is 16.4 Å². The Hall–Kier alpha value is -3.37. The summed E-state index contributed by atoms with van der Waals surface area (Å²) in [6.07, 6.45) is 2.89. The highest BCUT2D eigenvalue weighted by Crippen LogP contribution is 2.33. The smallest absolute Gasteiger partial charge is 0.265 e. The van der Waals surface area contributed by atoms with Gasteiger partial charge in [-0.2, -0.15) is 4.31 Å². The van der Waals surface area contributed by atoms with Gasteiger partial charge in [0.15, 0.2) is 6.10 Å². The van der Waals surface area contributed by atoms with Crippen LogP contribution in [0.15, 0.2) is 53.6 Å².